The number of hydrogen-bond acceptors (Lipinski definition) is 7. The van der Waals surface area contributed by atoms with E-state index in [1.54, 1.807) is 37.3 Å². The molecular weight excluding hydrogens is 536 g/mol. The molecule has 0 aliphatic carbocycles. The largest absolute Gasteiger partial charge is 0.444 e. The monoisotopic (exact) mass is 574 g/mol. The molecule has 11 nitrogen and oxygen atoms in total. The lowest BCUT2D eigenvalue weighted by Gasteiger charge is -2.52. The molecule has 0 unspecified atom stereocenters. The molecular formula is C31H38N6O5. The van der Waals surface area contributed by atoms with Gasteiger partial charge in [-0.05, 0) is 56.2 Å². The summed E-state index contributed by atoms with van der Waals surface area (Å²) in [5.41, 5.74) is 3.31. The summed E-state index contributed by atoms with van der Waals surface area (Å²) in [6, 6.07) is 14.9. The number of nitrogens with zero attached hydrogens (tertiary/aromatic N) is 4. The van der Waals surface area contributed by atoms with E-state index in [0.717, 1.165) is 23.4 Å². The van der Waals surface area contributed by atoms with Gasteiger partial charge in [-0.3, -0.25) is 19.8 Å². The second-order valence-electron chi connectivity index (χ2n) is 12.0. The highest BCUT2D eigenvalue weighted by Gasteiger charge is 2.50. The minimum absolute atomic E-state index is 0.0229. The average molecular weight is 575 g/mol. The molecule has 2 aliphatic heterocycles. The molecule has 222 valence electrons. The Morgan fingerprint density at radius 3 is 2.26 bits per heavy atom. The van der Waals surface area contributed by atoms with E-state index in [1.165, 1.54) is 0 Å². The van der Waals surface area contributed by atoms with Gasteiger partial charge in [-0.25, -0.2) is 9.78 Å². The number of ether oxygens (including phenoxy) is 2. The number of amides is 3. The summed E-state index contributed by atoms with van der Waals surface area (Å²) in [6.07, 6.45) is 1.27. The van der Waals surface area contributed by atoms with E-state index in [9.17, 15) is 14.4 Å². The third-order valence-corrected chi connectivity index (χ3v) is 7.45. The zero-order valence-corrected chi connectivity index (χ0v) is 24.8. The first-order chi connectivity index (χ1) is 19.9. The Hall–Kier alpha value is -4.22. The van der Waals surface area contributed by atoms with Crippen molar-refractivity contribution in [2.24, 2.45) is 0 Å². The minimum atomic E-state index is -0.579. The van der Waals surface area contributed by atoms with Gasteiger partial charge in [0.1, 0.15) is 11.1 Å². The first-order valence-electron chi connectivity index (χ1n) is 14.0. The van der Waals surface area contributed by atoms with Crippen LogP contribution < -0.4 is 10.6 Å². The number of nitrogens with one attached hydrogen (secondary N) is 2. The van der Waals surface area contributed by atoms with E-state index in [-0.39, 0.29) is 17.4 Å². The maximum absolute atomic E-state index is 13.2. The summed E-state index contributed by atoms with van der Waals surface area (Å²) in [6.45, 7) is 8.86. The van der Waals surface area contributed by atoms with Crippen molar-refractivity contribution < 1.29 is 23.9 Å². The molecule has 1 spiro atoms. The van der Waals surface area contributed by atoms with Crippen LogP contribution >= 0.6 is 0 Å². The van der Waals surface area contributed by atoms with E-state index in [2.05, 4.69) is 20.5 Å². The lowest BCUT2D eigenvalue weighted by atomic mass is 9.88. The molecule has 3 heterocycles. The van der Waals surface area contributed by atoms with Crippen molar-refractivity contribution in [3.05, 3.63) is 82.9 Å². The molecule has 11 heteroatoms. The molecule has 0 saturated carbocycles. The minimum Gasteiger partial charge on any atom is -0.444 e. The third-order valence-electron chi connectivity index (χ3n) is 7.45. The number of carbonyl (C=O) groups excluding carboxylic acids is 3. The highest BCUT2D eigenvalue weighted by atomic mass is 16.6. The number of carbonyl (C=O) groups is 3. The van der Waals surface area contributed by atoms with E-state index in [4.69, 9.17) is 9.47 Å². The Morgan fingerprint density at radius 1 is 1.00 bits per heavy atom. The van der Waals surface area contributed by atoms with Crippen molar-refractivity contribution in [2.75, 3.05) is 39.2 Å². The van der Waals surface area contributed by atoms with Gasteiger partial charge in [-0.2, -0.15) is 0 Å². The van der Waals surface area contributed by atoms with Crippen LogP contribution in [-0.2, 0) is 34.6 Å². The molecule has 0 radical (unpaired) electrons. The van der Waals surface area contributed by atoms with Crippen LogP contribution in [0.15, 0.2) is 54.7 Å². The van der Waals surface area contributed by atoms with Gasteiger partial charge in [0.2, 0.25) is 0 Å². The van der Waals surface area contributed by atoms with Gasteiger partial charge in [0.05, 0.1) is 25.1 Å². The maximum atomic E-state index is 13.2. The molecule has 1 aromatic heterocycles. The lowest BCUT2D eigenvalue weighted by molar-refractivity contribution is -0.162. The van der Waals surface area contributed by atoms with E-state index in [0.29, 0.717) is 49.9 Å². The fourth-order valence-corrected chi connectivity index (χ4v) is 5.23. The van der Waals surface area contributed by atoms with Gasteiger partial charge in [-0.1, -0.05) is 24.3 Å². The zero-order chi connectivity index (χ0) is 30.1. The van der Waals surface area contributed by atoms with E-state index >= 15 is 0 Å². The second-order valence-corrected chi connectivity index (χ2v) is 12.0. The molecule has 1 saturated heterocycles. The van der Waals surface area contributed by atoms with Crippen molar-refractivity contribution in [3.8, 4) is 0 Å². The Morgan fingerprint density at radius 2 is 1.67 bits per heavy atom. The molecule has 42 heavy (non-hydrogen) atoms. The maximum Gasteiger partial charge on any atom is 0.412 e. The van der Waals surface area contributed by atoms with Gasteiger partial charge in [0.25, 0.3) is 11.8 Å². The summed E-state index contributed by atoms with van der Waals surface area (Å²) in [4.78, 5) is 45.9. The van der Waals surface area contributed by atoms with Crippen LogP contribution in [0.2, 0.25) is 0 Å². The molecule has 1 fully saturated rings. The van der Waals surface area contributed by atoms with Crippen molar-refractivity contribution in [2.45, 2.75) is 51.5 Å². The van der Waals surface area contributed by atoms with Crippen molar-refractivity contribution in [3.63, 3.8) is 0 Å². The highest BCUT2D eigenvalue weighted by Crippen LogP contribution is 2.40. The Labute approximate surface area is 245 Å². The van der Waals surface area contributed by atoms with Crippen LogP contribution in [0, 0.1) is 0 Å². The smallest absolute Gasteiger partial charge is 0.412 e. The third kappa shape index (κ3) is 6.17. The summed E-state index contributed by atoms with van der Waals surface area (Å²) in [7, 11) is 3.49. The number of hydrogen-bond donors (Lipinski definition) is 2. The van der Waals surface area contributed by atoms with Crippen LogP contribution in [0.4, 0.5) is 10.5 Å². The van der Waals surface area contributed by atoms with E-state index < -0.39 is 11.7 Å². The topological polar surface area (TPSA) is 118 Å². The Balaban J connectivity index is 1.21. The van der Waals surface area contributed by atoms with Gasteiger partial charge < -0.3 is 24.3 Å². The molecule has 0 bridgehead atoms. The zero-order valence-electron chi connectivity index (χ0n) is 24.8. The fourth-order valence-electron chi connectivity index (χ4n) is 5.23. The van der Waals surface area contributed by atoms with Gasteiger partial charge in [0, 0.05) is 51.5 Å². The molecule has 5 rings (SSSR count). The summed E-state index contributed by atoms with van der Waals surface area (Å²) in [5.74, 6) is 0.109. The normalized spacial score (nSPS) is 15.8. The fraction of sp³-hybridized carbons (Fsp3) is 0.419. The van der Waals surface area contributed by atoms with Crippen LogP contribution in [-0.4, -0.2) is 76.7 Å². The number of benzene rings is 2. The number of imidazole rings is 1. The summed E-state index contributed by atoms with van der Waals surface area (Å²) < 4.78 is 13.0. The number of rotatable bonds is 7. The number of anilines is 1. The Bertz CT molecular complexity index is 1450. The van der Waals surface area contributed by atoms with Crippen molar-refractivity contribution >= 4 is 23.6 Å². The second kappa shape index (κ2) is 11.6. The average Bonchev–Trinajstić information content (AvgIpc) is 3.35. The first-order valence-corrected chi connectivity index (χ1v) is 14.0. The predicted molar refractivity (Wildman–Crippen MR) is 157 cm³/mol. The summed E-state index contributed by atoms with van der Waals surface area (Å²) in [5, 5.41) is 5.67. The van der Waals surface area contributed by atoms with Crippen LogP contribution in [0.1, 0.15) is 58.6 Å². The SMILES string of the molecule is CN(C)C(=O)c1ccc(CN2CCn3c(cnc3C(=O)NCc3ccc(NC(=O)OC(C)(C)C)cc3)C23COC3)cc1. The molecule has 2 aromatic carbocycles. The molecule has 3 amide bonds. The number of aromatic nitrogens is 2. The summed E-state index contributed by atoms with van der Waals surface area (Å²) >= 11 is 0. The molecule has 3 aromatic rings. The van der Waals surface area contributed by atoms with Gasteiger partial charge >= 0.3 is 6.09 Å². The van der Waals surface area contributed by atoms with Gasteiger partial charge in [0.15, 0.2) is 5.82 Å². The standard InChI is InChI=1S/C31H38N6O5/c1-30(2,3)42-29(40)34-24-12-8-21(9-13-24)16-33-27(38)26-32-17-25-31(19-41-20-31)36(14-15-37(25)26)18-22-6-10-23(11-7-22)28(39)35(4)5/h6-13,17H,14-16,18-20H2,1-5H3,(H,33,38)(H,34,40). The molecule has 2 aliphatic rings. The van der Waals surface area contributed by atoms with Crippen LogP contribution in [0.25, 0.3) is 0 Å². The van der Waals surface area contributed by atoms with Crippen molar-refractivity contribution in [1.29, 1.82) is 0 Å². The van der Waals surface area contributed by atoms with Crippen molar-refractivity contribution in [1.82, 2.24) is 24.7 Å². The lowest BCUT2D eigenvalue weighted by Crippen LogP contribution is -2.63. The first kappa shape index (κ1) is 29.3. The molecule has 2 N–H and O–H groups in total. The highest BCUT2D eigenvalue weighted by molar-refractivity contribution is 5.94. The van der Waals surface area contributed by atoms with Crippen LogP contribution in [0.3, 0.4) is 0 Å². The van der Waals surface area contributed by atoms with Gasteiger partial charge in [-0.15, -0.1) is 0 Å². The Kier molecular flexibility index (Phi) is 8.07. The van der Waals surface area contributed by atoms with Crippen LogP contribution in [0.5, 0.6) is 0 Å². The molecule has 0 atom stereocenters. The quantitative estimate of drug-likeness (QED) is 0.443. The predicted octanol–water partition coefficient (Wildman–Crippen LogP) is 3.60. The van der Waals surface area contributed by atoms with E-state index in [1.807, 2.05) is 61.7 Å². The number of fused-ring (bicyclic) bond motifs is 2.